The highest BCUT2D eigenvalue weighted by molar-refractivity contribution is 5.81. The van der Waals surface area contributed by atoms with Crippen LogP contribution in [0.3, 0.4) is 0 Å². The van der Waals surface area contributed by atoms with Crippen LogP contribution in [0.5, 0.6) is 0 Å². The first-order chi connectivity index (χ1) is 7.25. The number of amides is 1. The number of hydrogen-bond acceptors (Lipinski definition) is 2. The van der Waals surface area contributed by atoms with Crippen molar-refractivity contribution in [3.8, 4) is 0 Å². The van der Waals surface area contributed by atoms with Crippen LogP contribution in [0.4, 0.5) is 0 Å². The number of carbonyl (C=O) groups is 1. The van der Waals surface area contributed by atoms with Gasteiger partial charge < -0.3 is 10.4 Å². The average Bonchev–Trinajstić information content (AvgIpc) is 2.13. The van der Waals surface area contributed by atoms with Gasteiger partial charge in [0.05, 0.1) is 5.60 Å². The summed E-state index contributed by atoms with van der Waals surface area (Å²) in [6, 6.07) is 0. The second kappa shape index (κ2) is 6.24. The number of carbonyl (C=O) groups excluding carboxylic acids is 1. The maximum absolute atomic E-state index is 11.7. The van der Waals surface area contributed by atoms with Gasteiger partial charge in [-0.1, -0.05) is 47.5 Å². The Morgan fingerprint density at radius 2 is 1.56 bits per heavy atom. The van der Waals surface area contributed by atoms with Crippen molar-refractivity contribution in [1.82, 2.24) is 5.32 Å². The van der Waals surface area contributed by atoms with Crippen LogP contribution in [0, 0.1) is 5.41 Å². The Kier molecular flexibility index (Phi) is 6.01. The van der Waals surface area contributed by atoms with E-state index in [0.29, 0.717) is 6.54 Å². The molecule has 16 heavy (non-hydrogen) atoms. The summed E-state index contributed by atoms with van der Waals surface area (Å²) in [6.07, 6.45) is 3.35. The highest BCUT2D eigenvalue weighted by Gasteiger charge is 2.28. The highest BCUT2D eigenvalue weighted by Crippen LogP contribution is 2.19. The predicted octanol–water partition coefficient (Wildman–Crippen LogP) is 2.48. The van der Waals surface area contributed by atoms with Gasteiger partial charge in [-0.3, -0.25) is 4.79 Å². The van der Waals surface area contributed by atoms with Crippen molar-refractivity contribution < 1.29 is 9.90 Å². The summed E-state index contributed by atoms with van der Waals surface area (Å²) in [4.78, 5) is 11.7. The lowest BCUT2D eigenvalue weighted by molar-refractivity contribution is -0.130. The van der Waals surface area contributed by atoms with Crippen molar-refractivity contribution in [2.75, 3.05) is 6.54 Å². The van der Waals surface area contributed by atoms with E-state index in [0.717, 1.165) is 25.7 Å². The Hall–Kier alpha value is -0.570. The van der Waals surface area contributed by atoms with Crippen LogP contribution in [0.2, 0.25) is 0 Å². The predicted molar refractivity (Wildman–Crippen MR) is 67.2 cm³/mol. The molecule has 0 spiro atoms. The van der Waals surface area contributed by atoms with Crippen molar-refractivity contribution in [1.29, 1.82) is 0 Å². The molecule has 0 saturated carbocycles. The maximum atomic E-state index is 11.7. The molecule has 96 valence electrons. The molecule has 0 aromatic heterocycles. The molecular weight excluding hydrogens is 202 g/mol. The first kappa shape index (κ1) is 15.4. The minimum atomic E-state index is -0.732. The van der Waals surface area contributed by atoms with Crippen molar-refractivity contribution in [2.24, 2.45) is 5.41 Å². The van der Waals surface area contributed by atoms with E-state index in [4.69, 9.17) is 0 Å². The molecule has 0 bridgehead atoms. The molecule has 0 aliphatic rings. The molecular formula is C13H27NO2. The maximum Gasteiger partial charge on any atom is 0.225 e. The quantitative estimate of drug-likeness (QED) is 0.735. The summed E-state index contributed by atoms with van der Waals surface area (Å²) in [6.45, 7) is 10.1. The van der Waals surface area contributed by atoms with Crippen molar-refractivity contribution in [3.05, 3.63) is 0 Å². The van der Waals surface area contributed by atoms with Crippen LogP contribution in [-0.2, 0) is 4.79 Å². The van der Waals surface area contributed by atoms with Gasteiger partial charge in [0.15, 0.2) is 0 Å². The SMILES string of the molecule is CCCC(O)(CCC)CNC(=O)C(C)(C)C. The lowest BCUT2D eigenvalue weighted by Crippen LogP contribution is -2.46. The van der Waals surface area contributed by atoms with Gasteiger partial charge in [-0.25, -0.2) is 0 Å². The van der Waals surface area contributed by atoms with Crippen LogP contribution in [0.1, 0.15) is 60.3 Å². The molecule has 0 aromatic rings. The van der Waals surface area contributed by atoms with Crippen LogP contribution in [0.15, 0.2) is 0 Å². The Morgan fingerprint density at radius 1 is 1.12 bits per heavy atom. The van der Waals surface area contributed by atoms with Crippen LogP contribution >= 0.6 is 0 Å². The van der Waals surface area contributed by atoms with Gasteiger partial charge in [0.1, 0.15) is 0 Å². The van der Waals surface area contributed by atoms with E-state index in [-0.39, 0.29) is 11.3 Å². The molecule has 0 aromatic carbocycles. The number of nitrogens with one attached hydrogen (secondary N) is 1. The van der Waals surface area contributed by atoms with Crippen molar-refractivity contribution in [3.63, 3.8) is 0 Å². The molecule has 0 aliphatic heterocycles. The van der Waals surface area contributed by atoms with Gasteiger partial charge in [0.25, 0.3) is 0 Å². The van der Waals surface area contributed by atoms with Gasteiger partial charge in [-0.15, -0.1) is 0 Å². The first-order valence-corrected chi connectivity index (χ1v) is 6.26. The zero-order valence-corrected chi connectivity index (χ0v) is 11.4. The number of aliphatic hydroxyl groups is 1. The fourth-order valence-corrected chi connectivity index (χ4v) is 1.74. The third kappa shape index (κ3) is 5.50. The monoisotopic (exact) mass is 229 g/mol. The summed E-state index contributed by atoms with van der Waals surface area (Å²) in [5, 5.41) is 13.2. The molecule has 0 unspecified atom stereocenters. The third-order valence-corrected chi connectivity index (χ3v) is 2.69. The zero-order valence-electron chi connectivity index (χ0n) is 11.4. The molecule has 0 heterocycles. The number of rotatable bonds is 6. The van der Waals surface area contributed by atoms with Crippen LogP contribution in [0.25, 0.3) is 0 Å². The highest BCUT2D eigenvalue weighted by atomic mass is 16.3. The summed E-state index contributed by atoms with van der Waals surface area (Å²) in [7, 11) is 0. The number of hydrogen-bond donors (Lipinski definition) is 2. The minimum Gasteiger partial charge on any atom is -0.388 e. The second-order valence-electron chi connectivity index (χ2n) is 5.66. The van der Waals surface area contributed by atoms with E-state index in [2.05, 4.69) is 5.32 Å². The molecule has 0 rings (SSSR count). The van der Waals surface area contributed by atoms with Crippen molar-refractivity contribution in [2.45, 2.75) is 65.9 Å². The molecule has 0 atom stereocenters. The fraction of sp³-hybridized carbons (Fsp3) is 0.923. The van der Waals surface area contributed by atoms with E-state index < -0.39 is 5.60 Å². The summed E-state index contributed by atoms with van der Waals surface area (Å²) in [5.74, 6) is -0.00173. The van der Waals surface area contributed by atoms with E-state index in [1.54, 1.807) is 0 Å². The molecule has 3 nitrogen and oxygen atoms in total. The van der Waals surface area contributed by atoms with Crippen LogP contribution < -0.4 is 5.32 Å². The Morgan fingerprint density at radius 3 is 1.88 bits per heavy atom. The topological polar surface area (TPSA) is 49.3 Å². The van der Waals surface area contributed by atoms with Gasteiger partial charge in [-0.05, 0) is 12.8 Å². The van der Waals surface area contributed by atoms with Gasteiger partial charge in [-0.2, -0.15) is 0 Å². The largest absolute Gasteiger partial charge is 0.388 e. The Balaban J connectivity index is 4.27. The van der Waals surface area contributed by atoms with E-state index in [9.17, 15) is 9.90 Å². The van der Waals surface area contributed by atoms with Crippen molar-refractivity contribution >= 4 is 5.91 Å². The summed E-state index contributed by atoms with van der Waals surface area (Å²) < 4.78 is 0. The van der Waals surface area contributed by atoms with Gasteiger partial charge >= 0.3 is 0 Å². The molecule has 0 radical (unpaired) electrons. The summed E-state index contributed by atoms with van der Waals surface area (Å²) in [5.41, 5.74) is -1.12. The standard InChI is InChI=1S/C13H27NO2/c1-6-8-13(16,9-7-2)10-14-11(15)12(3,4)5/h16H,6-10H2,1-5H3,(H,14,15). The Labute approximate surface area is 99.6 Å². The summed E-state index contributed by atoms with van der Waals surface area (Å²) >= 11 is 0. The average molecular weight is 229 g/mol. The molecule has 0 fully saturated rings. The first-order valence-electron chi connectivity index (χ1n) is 6.26. The molecule has 3 heteroatoms. The molecule has 1 amide bonds. The second-order valence-corrected chi connectivity index (χ2v) is 5.66. The lowest BCUT2D eigenvalue weighted by atomic mass is 9.91. The minimum absolute atomic E-state index is 0.00173. The fourth-order valence-electron chi connectivity index (χ4n) is 1.74. The smallest absolute Gasteiger partial charge is 0.225 e. The molecule has 2 N–H and O–H groups in total. The van der Waals surface area contributed by atoms with Gasteiger partial charge in [0.2, 0.25) is 5.91 Å². The van der Waals surface area contributed by atoms with E-state index in [1.165, 1.54) is 0 Å². The van der Waals surface area contributed by atoms with E-state index in [1.807, 2.05) is 34.6 Å². The lowest BCUT2D eigenvalue weighted by Gasteiger charge is -2.29. The molecule has 0 saturated heterocycles. The zero-order chi connectivity index (χ0) is 12.8. The Bertz CT molecular complexity index is 212. The third-order valence-electron chi connectivity index (χ3n) is 2.69. The van der Waals surface area contributed by atoms with Crippen LogP contribution in [-0.4, -0.2) is 23.2 Å². The van der Waals surface area contributed by atoms with E-state index >= 15 is 0 Å². The molecule has 0 aliphatic carbocycles. The van der Waals surface area contributed by atoms with Gasteiger partial charge in [0, 0.05) is 12.0 Å². The normalized spacial score (nSPS) is 12.6.